The molecule has 1 aromatic heterocycles. The van der Waals surface area contributed by atoms with Crippen LogP contribution in [-0.4, -0.2) is 4.98 Å². The van der Waals surface area contributed by atoms with Crippen molar-refractivity contribution in [1.82, 2.24) is 4.98 Å². The van der Waals surface area contributed by atoms with Crippen molar-refractivity contribution in [3.63, 3.8) is 0 Å². The van der Waals surface area contributed by atoms with Gasteiger partial charge >= 0.3 is 6.08 Å². The topological polar surface area (TPSA) is 61.3 Å². The van der Waals surface area contributed by atoms with Gasteiger partial charge in [-0.15, -0.1) is 0 Å². The molecular weight excluding hydrogens is 298 g/mol. The molecule has 2 rings (SSSR count). The lowest BCUT2D eigenvalue weighted by molar-refractivity contribution is 0.312. The van der Waals surface area contributed by atoms with Crippen LogP contribution >= 0.6 is 15.9 Å². The summed E-state index contributed by atoms with van der Waals surface area (Å²) in [7, 11) is 0. The maximum Gasteiger partial charge on any atom is 0.399 e. The summed E-state index contributed by atoms with van der Waals surface area (Å²) in [6, 6.07) is 2.26. The molecule has 0 amide bonds. The first-order valence-corrected chi connectivity index (χ1v) is 5.36. The van der Waals surface area contributed by atoms with Crippen molar-refractivity contribution in [2.75, 3.05) is 0 Å². The average molecular weight is 305 g/mol. The van der Waals surface area contributed by atoms with Gasteiger partial charge in [0.2, 0.25) is 5.82 Å². The zero-order chi connectivity index (χ0) is 12.4. The number of hydrogen-bond acceptors (Lipinski definition) is 4. The third-order valence-corrected chi connectivity index (χ3v) is 2.35. The van der Waals surface area contributed by atoms with Crippen molar-refractivity contribution in [3.8, 4) is 11.8 Å². The van der Waals surface area contributed by atoms with E-state index >= 15 is 0 Å². The maximum absolute atomic E-state index is 13.3. The van der Waals surface area contributed by atoms with Crippen molar-refractivity contribution in [1.29, 1.82) is 0 Å². The van der Waals surface area contributed by atoms with Crippen LogP contribution in [0.5, 0.6) is 11.8 Å². The molecule has 0 spiro atoms. The molecule has 0 fully saturated rings. The Hall–Kier alpha value is -1.47. The van der Waals surface area contributed by atoms with E-state index in [0.29, 0.717) is 10.2 Å². The van der Waals surface area contributed by atoms with Crippen LogP contribution in [0.4, 0.5) is 8.78 Å². The minimum atomic E-state index is -1.11. The number of ether oxygens (including phenoxy) is 1. The Morgan fingerprint density at radius 2 is 2.18 bits per heavy atom. The molecule has 0 aliphatic carbocycles. The number of nitrogens with two attached hydrogens (primary N) is 1. The smallest absolute Gasteiger partial charge is 0.399 e. The first kappa shape index (κ1) is 12.0. The summed E-state index contributed by atoms with van der Waals surface area (Å²) in [6.07, 6.45) is 1.09. The second kappa shape index (κ2) is 4.80. The molecule has 0 saturated carbocycles. The maximum atomic E-state index is 13.3. The van der Waals surface area contributed by atoms with Crippen LogP contribution in [0.25, 0.3) is 0 Å². The summed E-state index contributed by atoms with van der Waals surface area (Å²) in [5.41, 5.74) is 5.77. The summed E-state index contributed by atoms with van der Waals surface area (Å²) < 4.78 is 36.6. The van der Waals surface area contributed by atoms with E-state index in [1.54, 1.807) is 0 Å². The van der Waals surface area contributed by atoms with Crippen molar-refractivity contribution in [2.24, 2.45) is 5.73 Å². The van der Waals surface area contributed by atoms with E-state index in [-0.39, 0.29) is 18.4 Å². The Morgan fingerprint density at radius 3 is 2.82 bits per heavy atom. The van der Waals surface area contributed by atoms with Gasteiger partial charge in [-0.2, -0.15) is 9.37 Å². The summed E-state index contributed by atoms with van der Waals surface area (Å²) >= 11 is 3.02. The summed E-state index contributed by atoms with van der Waals surface area (Å²) in [5.74, 6) is -2.46. The first-order valence-electron chi connectivity index (χ1n) is 4.57. The Balaban J connectivity index is 2.29. The van der Waals surface area contributed by atoms with Crippen LogP contribution < -0.4 is 10.5 Å². The standard InChI is InChI=1S/C10H7BrF2N2O2/c11-5-1-7(12)9(13)8(2-5)17-10-15-6(3-14)4-16-10/h1-2,4H,3,14H2. The Labute approximate surface area is 104 Å². The number of rotatable bonds is 3. The molecule has 2 aromatic rings. The predicted molar refractivity (Wildman–Crippen MR) is 58.5 cm³/mol. The van der Waals surface area contributed by atoms with E-state index in [0.717, 1.165) is 6.07 Å². The second-order valence-corrected chi connectivity index (χ2v) is 4.03. The summed E-state index contributed by atoms with van der Waals surface area (Å²) in [6.45, 7) is 0.169. The highest BCUT2D eigenvalue weighted by Crippen LogP contribution is 2.29. The van der Waals surface area contributed by atoms with E-state index in [1.807, 2.05) is 0 Å². The molecule has 0 bridgehead atoms. The fourth-order valence-corrected chi connectivity index (χ4v) is 1.54. The minimum absolute atomic E-state index is 0.169. The van der Waals surface area contributed by atoms with Gasteiger partial charge in [-0.05, 0) is 12.1 Å². The lowest BCUT2D eigenvalue weighted by atomic mass is 10.3. The highest BCUT2D eigenvalue weighted by molar-refractivity contribution is 9.10. The minimum Gasteiger partial charge on any atom is -0.417 e. The zero-order valence-electron chi connectivity index (χ0n) is 8.41. The fourth-order valence-electron chi connectivity index (χ4n) is 1.13. The van der Waals surface area contributed by atoms with Gasteiger partial charge in [0.05, 0.1) is 5.69 Å². The van der Waals surface area contributed by atoms with Crippen LogP contribution in [0.15, 0.2) is 27.3 Å². The van der Waals surface area contributed by atoms with E-state index in [4.69, 9.17) is 14.9 Å². The van der Waals surface area contributed by atoms with Gasteiger partial charge in [0.15, 0.2) is 11.6 Å². The number of halogens is 3. The largest absolute Gasteiger partial charge is 0.417 e. The average Bonchev–Trinajstić information content (AvgIpc) is 2.73. The highest BCUT2D eigenvalue weighted by Gasteiger charge is 2.14. The highest BCUT2D eigenvalue weighted by atomic mass is 79.9. The lowest BCUT2D eigenvalue weighted by Crippen LogP contribution is -1.96. The zero-order valence-corrected chi connectivity index (χ0v) is 10.0. The van der Waals surface area contributed by atoms with Gasteiger partial charge in [0.1, 0.15) is 6.26 Å². The fraction of sp³-hybridized carbons (Fsp3) is 0.100. The third-order valence-electron chi connectivity index (χ3n) is 1.90. The summed E-state index contributed by atoms with van der Waals surface area (Å²) in [4.78, 5) is 3.81. The van der Waals surface area contributed by atoms with Crippen molar-refractivity contribution < 1.29 is 17.9 Å². The molecule has 0 unspecified atom stereocenters. The van der Waals surface area contributed by atoms with E-state index in [2.05, 4.69) is 20.9 Å². The first-order chi connectivity index (χ1) is 8.10. The molecule has 0 aliphatic rings. The van der Waals surface area contributed by atoms with Crippen molar-refractivity contribution >= 4 is 15.9 Å². The molecule has 17 heavy (non-hydrogen) atoms. The van der Waals surface area contributed by atoms with Gasteiger partial charge < -0.3 is 14.9 Å². The summed E-state index contributed by atoms with van der Waals surface area (Å²) in [5, 5.41) is 0. The van der Waals surface area contributed by atoms with Crippen LogP contribution in [-0.2, 0) is 6.54 Å². The number of benzene rings is 1. The second-order valence-electron chi connectivity index (χ2n) is 3.11. The molecule has 0 radical (unpaired) electrons. The van der Waals surface area contributed by atoms with Gasteiger partial charge in [0.25, 0.3) is 0 Å². The number of oxazole rings is 1. The van der Waals surface area contributed by atoms with Crippen LogP contribution in [0, 0.1) is 11.6 Å². The van der Waals surface area contributed by atoms with Gasteiger partial charge in [-0.3, -0.25) is 0 Å². The molecule has 0 aliphatic heterocycles. The number of aromatic nitrogens is 1. The lowest BCUT2D eigenvalue weighted by Gasteiger charge is -2.03. The Morgan fingerprint density at radius 1 is 1.41 bits per heavy atom. The SMILES string of the molecule is NCc1coc(Oc2cc(Br)cc(F)c2F)n1. The Bertz CT molecular complexity index is 545. The van der Waals surface area contributed by atoms with Gasteiger partial charge in [0, 0.05) is 11.0 Å². The van der Waals surface area contributed by atoms with Crippen molar-refractivity contribution in [2.45, 2.75) is 6.54 Å². The number of nitrogens with zero attached hydrogens (tertiary/aromatic N) is 1. The van der Waals surface area contributed by atoms with Crippen molar-refractivity contribution in [3.05, 3.63) is 40.2 Å². The molecule has 4 nitrogen and oxygen atoms in total. The molecule has 90 valence electrons. The Kier molecular flexibility index (Phi) is 3.39. The normalized spacial score (nSPS) is 10.6. The molecule has 7 heteroatoms. The molecular formula is C10H7BrF2N2O2. The quantitative estimate of drug-likeness (QED) is 0.886. The van der Waals surface area contributed by atoms with Gasteiger partial charge in [-0.1, -0.05) is 15.9 Å². The van der Waals surface area contributed by atoms with Crippen LogP contribution in [0.1, 0.15) is 5.69 Å². The predicted octanol–water partition coefficient (Wildman–Crippen LogP) is 2.97. The van der Waals surface area contributed by atoms with Gasteiger partial charge in [-0.25, -0.2) is 4.39 Å². The monoisotopic (exact) mass is 304 g/mol. The van der Waals surface area contributed by atoms with E-state index in [1.165, 1.54) is 12.3 Å². The van der Waals surface area contributed by atoms with Crippen LogP contribution in [0.2, 0.25) is 0 Å². The molecule has 1 heterocycles. The molecule has 0 atom stereocenters. The van der Waals surface area contributed by atoms with E-state index in [9.17, 15) is 8.78 Å². The van der Waals surface area contributed by atoms with Crippen LogP contribution in [0.3, 0.4) is 0 Å². The molecule has 0 saturated heterocycles. The van der Waals surface area contributed by atoms with E-state index < -0.39 is 11.6 Å². The molecule has 1 aromatic carbocycles. The number of hydrogen-bond donors (Lipinski definition) is 1. The third kappa shape index (κ3) is 2.62. The molecule has 2 N–H and O–H groups in total.